The van der Waals surface area contributed by atoms with Gasteiger partial charge in [-0.15, -0.1) is 0 Å². The van der Waals surface area contributed by atoms with Crippen LogP contribution >= 0.6 is 0 Å². The number of nitrogens with one attached hydrogen (secondary N) is 2. The average Bonchev–Trinajstić information content (AvgIpc) is 2.36. The maximum absolute atomic E-state index is 11.2. The Morgan fingerprint density at radius 1 is 1.30 bits per heavy atom. The summed E-state index contributed by atoms with van der Waals surface area (Å²) in [5, 5.41) is 27.3. The quantitative estimate of drug-likeness (QED) is 0.503. The van der Waals surface area contributed by atoms with Crippen LogP contribution in [0.5, 0.6) is 0 Å². The number of para-hydroxylation sites is 1. The van der Waals surface area contributed by atoms with Crippen molar-refractivity contribution in [3.8, 4) is 0 Å². The van der Waals surface area contributed by atoms with Crippen molar-refractivity contribution in [3.05, 3.63) is 28.3 Å². The Balaban J connectivity index is 2.94. The van der Waals surface area contributed by atoms with Crippen LogP contribution in [0.3, 0.4) is 0 Å². The molecule has 1 unspecified atom stereocenters. The van der Waals surface area contributed by atoms with Gasteiger partial charge in [-0.1, -0.05) is 19.4 Å². The molecule has 0 saturated carbocycles. The van der Waals surface area contributed by atoms with Gasteiger partial charge in [0.15, 0.2) is 0 Å². The fourth-order valence-electron chi connectivity index (χ4n) is 2.13. The Kier molecular flexibility index (Phi) is 5.76. The van der Waals surface area contributed by atoms with Gasteiger partial charge in [0, 0.05) is 13.1 Å². The molecule has 20 heavy (non-hydrogen) atoms. The first-order chi connectivity index (χ1) is 9.41. The van der Waals surface area contributed by atoms with Gasteiger partial charge in [-0.2, -0.15) is 0 Å². The van der Waals surface area contributed by atoms with Gasteiger partial charge in [-0.05, 0) is 32.4 Å². The Hall–Kier alpha value is -1.82. The lowest BCUT2D eigenvalue weighted by atomic mass is 10.0. The summed E-state index contributed by atoms with van der Waals surface area (Å²) in [6.07, 6.45) is 1.49. The van der Waals surface area contributed by atoms with Gasteiger partial charge in [0.05, 0.1) is 10.5 Å². The van der Waals surface area contributed by atoms with Gasteiger partial charge in [-0.25, -0.2) is 0 Å². The number of anilines is 2. The Morgan fingerprint density at radius 3 is 2.40 bits per heavy atom. The third kappa shape index (κ3) is 4.38. The van der Waals surface area contributed by atoms with Gasteiger partial charge < -0.3 is 15.7 Å². The van der Waals surface area contributed by atoms with Crippen molar-refractivity contribution < 1.29 is 10.0 Å². The van der Waals surface area contributed by atoms with Crippen molar-refractivity contribution >= 4 is 17.1 Å². The van der Waals surface area contributed by atoms with Crippen LogP contribution in [-0.4, -0.2) is 28.7 Å². The van der Waals surface area contributed by atoms with Gasteiger partial charge in [0.25, 0.3) is 0 Å². The van der Waals surface area contributed by atoms with E-state index in [9.17, 15) is 15.2 Å². The number of hydrogen-bond acceptors (Lipinski definition) is 5. The third-order valence-corrected chi connectivity index (χ3v) is 3.03. The molecule has 112 valence electrons. The first kappa shape index (κ1) is 16.2. The Labute approximate surface area is 119 Å². The number of rotatable bonds is 8. The lowest BCUT2D eigenvalue weighted by molar-refractivity contribution is -0.383. The van der Waals surface area contributed by atoms with Crippen LogP contribution < -0.4 is 10.6 Å². The summed E-state index contributed by atoms with van der Waals surface area (Å²) in [6, 6.07) is 5.08. The smallest absolute Gasteiger partial charge is 0.315 e. The second kappa shape index (κ2) is 7.09. The molecule has 0 fully saturated rings. The standard InChI is InChI=1S/C14H23N3O3/c1-4-9-14(3,18)10-16-12-8-6-7-11(15-5-2)13(12)17(19)20/h6-8,15-16,18H,4-5,9-10H2,1-3H3. The summed E-state index contributed by atoms with van der Waals surface area (Å²) < 4.78 is 0. The van der Waals surface area contributed by atoms with E-state index in [4.69, 9.17) is 0 Å². The first-order valence-electron chi connectivity index (χ1n) is 6.88. The van der Waals surface area contributed by atoms with E-state index in [1.165, 1.54) is 0 Å². The maximum Gasteiger partial charge on any atom is 0.315 e. The highest BCUT2D eigenvalue weighted by Crippen LogP contribution is 2.33. The lowest BCUT2D eigenvalue weighted by Crippen LogP contribution is -2.33. The fraction of sp³-hybridized carbons (Fsp3) is 0.571. The summed E-state index contributed by atoms with van der Waals surface area (Å²) in [7, 11) is 0. The molecule has 0 aliphatic heterocycles. The normalized spacial score (nSPS) is 13.6. The highest BCUT2D eigenvalue weighted by Gasteiger charge is 2.23. The molecular weight excluding hydrogens is 258 g/mol. The van der Waals surface area contributed by atoms with Crippen LogP contribution in [-0.2, 0) is 0 Å². The summed E-state index contributed by atoms with van der Waals surface area (Å²) >= 11 is 0. The molecule has 0 aliphatic carbocycles. The van der Waals surface area contributed by atoms with Crippen LogP contribution in [0.25, 0.3) is 0 Å². The summed E-state index contributed by atoms with van der Waals surface area (Å²) in [5.41, 5.74) is 0.0423. The van der Waals surface area contributed by atoms with E-state index in [1.54, 1.807) is 25.1 Å². The van der Waals surface area contributed by atoms with Gasteiger partial charge in [-0.3, -0.25) is 10.1 Å². The summed E-state index contributed by atoms with van der Waals surface area (Å²) in [6.45, 7) is 6.48. The highest BCUT2D eigenvalue weighted by atomic mass is 16.6. The molecular formula is C14H23N3O3. The van der Waals surface area contributed by atoms with E-state index >= 15 is 0 Å². The van der Waals surface area contributed by atoms with Gasteiger partial charge >= 0.3 is 5.69 Å². The molecule has 0 bridgehead atoms. The van der Waals surface area contributed by atoms with Crippen molar-refractivity contribution in [3.63, 3.8) is 0 Å². The van der Waals surface area contributed by atoms with E-state index in [-0.39, 0.29) is 12.2 Å². The molecule has 0 radical (unpaired) electrons. The van der Waals surface area contributed by atoms with Gasteiger partial charge in [0.1, 0.15) is 11.4 Å². The molecule has 6 nitrogen and oxygen atoms in total. The predicted octanol–water partition coefficient (Wildman–Crippen LogP) is 2.99. The van der Waals surface area contributed by atoms with Crippen LogP contribution in [0.1, 0.15) is 33.6 Å². The molecule has 3 N–H and O–H groups in total. The number of nitro benzene ring substituents is 1. The van der Waals surface area contributed by atoms with Crippen LogP contribution in [0, 0.1) is 10.1 Å². The second-order valence-corrected chi connectivity index (χ2v) is 5.09. The van der Waals surface area contributed by atoms with Crippen molar-refractivity contribution in [1.82, 2.24) is 0 Å². The second-order valence-electron chi connectivity index (χ2n) is 5.09. The fourth-order valence-corrected chi connectivity index (χ4v) is 2.13. The van der Waals surface area contributed by atoms with E-state index in [0.29, 0.717) is 24.3 Å². The maximum atomic E-state index is 11.2. The molecule has 1 aromatic carbocycles. The molecule has 0 aromatic heterocycles. The molecule has 1 aromatic rings. The minimum Gasteiger partial charge on any atom is -0.388 e. The highest BCUT2D eigenvalue weighted by molar-refractivity contribution is 5.76. The minimum atomic E-state index is -0.878. The number of hydrogen-bond donors (Lipinski definition) is 3. The van der Waals surface area contributed by atoms with E-state index in [0.717, 1.165) is 6.42 Å². The molecule has 6 heteroatoms. The molecule has 0 aliphatic rings. The van der Waals surface area contributed by atoms with Crippen molar-refractivity contribution in [2.75, 3.05) is 23.7 Å². The zero-order valence-corrected chi connectivity index (χ0v) is 12.3. The van der Waals surface area contributed by atoms with E-state index < -0.39 is 10.5 Å². The van der Waals surface area contributed by atoms with Crippen LogP contribution in [0.2, 0.25) is 0 Å². The average molecular weight is 281 g/mol. The van der Waals surface area contributed by atoms with Crippen molar-refractivity contribution in [2.45, 2.75) is 39.2 Å². The zero-order valence-electron chi connectivity index (χ0n) is 12.3. The lowest BCUT2D eigenvalue weighted by Gasteiger charge is -2.23. The molecule has 0 amide bonds. The van der Waals surface area contributed by atoms with Crippen LogP contribution in [0.15, 0.2) is 18.2 Å². The van der Waals surface area contributed by atoms with Crippen molar-refractivity contribution in [1.29, 1.82) is 0 Å². The molecule has 1 atom stereocenters. The number of aliphatic hydroxyl groups is 1. The zero-order chi connectivity index (χ0) is 15.2. The minimum absolute atomic E-state index is 0.0154. The molecule has 0 spiro atoms. The Bertz CT molecular complexity index is 461. The summed E-state index contributed by atoms with van der Waals surface area (Å²) in [5.74, 6) is 0. The van der Waals surface area contributed by atoms with Crippen molar-refractivity contribution in [2.24, 2.45) is 0 Å². The molecule has 1 rings (SSSR count). The number of nitro groups is 1. The van der Waals surface area contributed by atoms with Gasteiger partial charge in [0.2, 0.25) is 0 Å². The van der Waals surface area contributed by atoms with E-state index in [2.05, 4.69) is 10.6 Å². The third-order valence-electron chi connectivity index (χ3n) is 3.03. The topological polar surface area (TPSA) is 87.4 Å². The largest absolute Gasteiger partial charge is 0.388 e. The predicted molar refractivity (Wildman–Crippen MR) is 81.3 cm³/mol. The summed E-state index contributed by atoms with van der Waals surface area (Å²) in [4.78, 5) is 10.8. The Morgan fingerprint density at radius 2 is 1.90 bits per heavy atom. The number of nitrogens with zero attached hydrogens (tertiary/aromatic N) is 1. The first-order valence-corrected chi connectivity index (χ1v) is 6.88. The van der Waals surface area contributed by atoms with Crippen LogP contribution in [0.4, 0.5) is 17.1 Å². The molecule has 0 heterocycles. The number of benzene rings is 1. The van der Waals surface area contributed by atoms with E-state index in [1.807, 2.05) is 13.8 Å². The monoisotopic (exact) mass is 281 g/mol. The molecule has 0 saturated heterocycles. The SMILES string of the molecule is CCCC(C)(O)CNc1cccc(NCC)c1[N+](=O)[O-].